The Hall–Kier alpha value is -2.39. The zero-order valence-electron chi connectivity index (χ0n) is 22.1. The predicted molar refractivity (Wildman–Crippen MR) is 155 cm³/mol. The van der Waals surface area contributed by atoms with Crippen molar-refractivity contribution in [1.82, 2.24) is 4.57 Å². The maximum Gasteiger partial charge on any atom is 0.143 e. The molecule has 0 aliphatic heterocycles. The van der Waals surface area contributed by atoms with Crippen molar-refractivity contribution in [2.75, 3.05) is 0 Å². The van der Waals surface area contributed by atoms with E-state index in [0.29, 0.717) is 11.0 Å². The number of benzene rings is 3. The molecular formula is C32H41NOS. The van der Waals surface area contributed by atoms with Gasteiger partial charge in [0, 0.05) is 27.3 Å². The molecule has 1 aromatic heterocycles. The predicted octanol–water partition coefficient (Wildman–Crippen LogP) is 9.77. The molecule has 0 spiro atoms. The van der Waals surface area contributed by atoms with E-state index in [2.05, 4.69) is 99.8 Å². The Morgan fingerprint density at radius 3 is 2.03 bits per heavy atom. The van der Waals surface area contributed by atoms with Crippen molar-refractivity contribution in [2.24, 2.45) is 0 Å². The van der Waals surface area contributed by atoms with Crippen LogP contribution in [0.3, 0.4) is 0 Å². The van der Waals surface area contributed by atoms with E-state index in [-0.39, 0.29) is 5.41 Å². The fourth-order valence-corrected chi connectivity index (χ4v) is 6.41. The number of nitrogens with zero attached hydrogens (tertiary/aromatic N) is 1. The molecule has 0 bridgehead atoms. The second-order valence-corrected chi connectivity index (χ2v) is 12.1. The number of rotatable bonds is 10. The van der Waals surface area contributed by atoms with Gasteiger partial charge < -0.3 is 9.67 Å². The van der Waals surface area contributed by atoms with Gasteiger partial charge in [0.25, 0.3) is 0 Å². The summed E-state index contributed by atoms with van der Waals surface area (Å²) in [5, 5.41) is 14.8. The van der Waals surface area contributed by atoms with E-state index in [0.717, 1.165) is 28.0 Å². The standard InChI is InChI=1S/C32H41NOS/c1-6-8-9-15-25(14-7-2)35-22-23-20-24(32(3,4)5)21-30(31(23)34)33-28-18-12-10-16-26(28)27-17-11-13-19-29(27)33/h10-13,16-21,25,34H,6-9,14-15,22H2,1-5H3/t25-/m1/s1. The molecule has 0 radical (unpaired) electrons. The van der Waals surface area contributed by atoms with Crippen molar-refractivity contribution in [1.29, 1.82) is 0 Å². The van der Waals surface area contributed by atoms with Gasteiger partial charge >= 0.3 is 0 Å². The summed E-state index contributed by atoms with van der Waals surface area (Å²) in [7, 11) is 0. The van der Waals surface area contributed by atoms with E-state index < -0.39 is 0 Å². The molecule has 1 atom stereocenters. The normalized spacial score (nSPS) is 13.1. The maximum atomic E-state index is 11.7. The van der Waals surface area contributed by atoms with Gasteiger partial charge in [0.15, 0.2) is 0 Å². The molecule has 186 valence electrons. The SMILES string of the molecule is CCCCC[C@@H](CCC)SCc1cc(C(C)(C)C)cc(-n2c3ccccc3c3ccccc32)c1O. The minimum Gasteiger partial charge on any atom is -0.505 e. The largest absolute Gasteiger partial charge is 0.505 e. The smallest absolute Gasteiger partial charge is 0.143 e. The zero-order valence-corrected chi connectivity index (χ0v) is 22.9. The van der Waals surface area contributed by atoms with Crippen LogP contribution in [0.4, 0.5) is 0 Å². The molecule has 2 nitrogen and oxygen atoms in total. The van der Waals surface area contributed by atoms with Crippen LogP contribution in [0, 0.1) is 0 Å². The van der Waals surface area contributed by atoms with Crippen LogP contribution in [0.25, 0.3) is 27.5 Å². The van der Waals surface area contributed by atoms with Gasteiger partial charge in [-0.25, -0.2) is 0 Å². The van der Waals surface area contributed by atoms with Gasteiger partial charge in [-0.15, -0.1) is 0 Å². The summed E-state index contributed by atoms with van der Waals surface area (Å²) in [5.74, 6) is 1.26. The van der Waals surface area contributed by atoms with E-state index >= 15 is 0 Å². The molecule has 0 aliphatic rings. The van der Waals surface area contributed by atoms with E-state index in [4.69, 9.17) is 0 Å². The van der Waals surface area contributed by atoms with E-state index in [1.807, 2.05) is 11.8 Å². The summed E-state index contributed by atoms with van der Waals surface area (Å²) < 4.78 is 2.26. The molecule has 4 aromatic rings. The topological polar surface area (TPSA) is 25.2 Å². The van der Waals surface area contributed by atoms with Crippen LogP contribution >= 0.6 is 11.8 Å². The Morgan fingerprint density at radius 1 is 0.829 bits per heavy atom. The molecule has 3 aromatic carbocycles. The van der Waals surface area contributed by atoms with Crippen molar-refractivity contribution in [3.63, 3.8) is 0 Å². The van der Waals surface area contributed by atoms with Crippen LogP contribution in [0.15, 0.2) is 60.7 Å². The lowest BCUT2D eigenvalue weighted by Gasteiger charge is -2.24. The highest BCUT2D eigenvalue weighted by molar-refractivity contribution is 7.99. The monoisotopic (exact) mass is 487 g/mol. The van der Waals surface area contributed by atoms with Gasteiger partial charge in [-0.1, -0.05) is 103 Å². The number of aromatic nitrogens is 1. The molecule has 1 heterocycles. The third kappa shape index (κ3) is 5.56. The van der Waals surface area contributed by atoms with Crippen LogP contribution in [0.2, 0.25) is 0 Å². The first-order valence-corrected chi connectivity index (χ1v) is 14.4. The Balaban J connectivity index is 1.81. The number of unbranched alkanes of at least 4 members (excludes halogenated alkanes) is 2. The van der Waals surface area contributed by atoms with Crippen LogP contribution in [0.5, 0.6) is 5.75 Å². The van der Waals surface area contributed by atoms with E-state index in [1.54, 1.807) is 0 Å². The molecule has 0 unspecified atom stereocenters. The maximum absolute atomic E-state index is 11.7. The lowest BCUT2D eigenvalue weighted by Crippen LogP contribution is -2.13. The lowest BCUT2D eigenvalue weighted by molar-refractivity contribution is 0.467. The number of hydrogen-bond donors (Lipinski definition) is 1. The molecule has 1 N–H and O–H groups in total. The summed E-state index contributed by atoms with van der Waals surface area (Å²) in [4.78, 5) is 0. The second kappa shape index (κ2) is 11.1. The Morgan fingerprint density at radius 2 is 1.46 bits per heavy atom. The average Bonchev–Trinajstić information content (AvgIpc) is 3.17. The fourth-order valence-electron chi connectivity index (χ4n) is 5.04. The first-order chi connectivity index (χ1) is 16.8. The first kappa shape index (κ1) is 25.7. The quantitative estimate of drug-likeness (QED) is 0.225. The number of phenols is 1. The van der Waals surface area contributed by atoms with Crippen molar-refractivity contribution < 1.29 is 5.11 Å². The Labute approximate surface area is 215 Å². The Bertz CT molecular complexity index is 1230. The molecule has 0 saturated heterocycles. The van der Waals surface area contributed by atoms with Gasteiger partial charge in [0.05, 0.1) is 16.7 Å². The molecule has 4 rings (SSSR count). The summed E-state index contributed by atoms with van der Waals surface area (Å²) in [6.45, 7) is 11.3. The molecule has 0 fully saturated rings. The van der Waals surface area contributed by atoms with Gasteiger partial charge in [-0.2, -0.15) is 11.8 Å². The van der Waals surface area contributed by atoms with Gasteiger partial charge in [0.2, 0.25) is 0 Å². The van der Waals surface area contributed by atoms with Gasteiger partial charge in [-0.3, -0.25) is 0 Å². The number of hydrogen-bond acceptors (Lipinski definition) is 2. The fraction of sp³-hybridized carbons (Fsp3) is 0.438. The van der Waals surface area contributed by atoms with Gasteiger partial charge in [0.1, 0.15) is 5.75 Å². The molecule has 0 amide bonds. The molecular weight excluding hydrogens is 446 g/mol. The highest BCUT2D eigenvalue weighted by atomic mass is 32.2. The van der Waals surface area contributed by atoms with Crippen LogP contribution in [0.1, 0.15) is 84.3 Å². The number of thioether (sulfide) groups is 1. The minimum absolute atomic E-state index is 0.00935. The number of phenolic OH excluding ortho intramolecular Hbond substituents is 1. The van der Waals surface area contributed by atoms with Crippen molar-refractivity contribution >= 4 is 33.6 Å². The van der Waals surface area contributed by atoms with Crippen LogP contribution in [-0.2, 0) is 11.2 Å². The average molecular weight is 488 g/mol. The third-order valence-electron chi connectivity index (χ3n) is 7.07. The highest BCUT2D eigenvalue weighted by Gasteiger charge is 2.22. The third-order valence-corrected chi connectivity index (χ3v) is 8.49. The van der Waals surface area contributed by atoms with Crippen molar-refractivity contribution in [2.45, 2.75) is 89.6 Å². The van der Waals surface area contributed by atoms with Crippen LogP contribution in [-0.4, -0.2) is 14.9 Å². The molecule has 35 heavy (non-hydrogen) atoms. The number of para-hydroxylation sites is 2. The highest BCUT2D eigenvalue weighted by Crippen LogP contribution is 2.40. The van der Waals surface area contributed by atoms with Crippen molar-refractivity contribution in [3.05, 3.63) is 71.8 Å². The van der Waals surface area contributed by atoms with E-state index in [9.17, 15) is 5.11 Å². The van der Waals surface area contributed by atoms with E-state index in [1.165, 1.54) is 54.9 Å². The molecule has 3 heteroatoms. The zero-order chi connectivity index (χ0) is 25.0. The second-order valence-electron chi connectivity index (χ2n) is 10.8. The summed E-state index contributed by atoms with van der Waals surface area (Å²) in [5.41, 5.74) is 5.47. The lowest BCUT2D eigenvalue weighted by atomic mass is 9.85. The molecule has 0 aliphatic carbocycles. The first-order valence-electron chi connectivity index (χ1n) is 13.3. The van der Waals surface area contributed by atoms with Gasteiger partial charge in [-0.05, 0) is 42.0 Å². The Kier molecular flexibility index (Phi) is 8.16. The van der Waals surface area contributed by atoms with Crippen LogP contribution < -0.4 is 0 Å². The number of aromatic hydroxyl groups is 1. The molecule has 0 saturated carbocycles. The summed E-state index contributed by atoms with van der Waals surface area (Å²) in [6.07, 6.45) is 7.60. The number of fused-ring (bicyclic) bond motifs is 3. The summed E-state index contributed by atoms with van der Waals surface area (Å²) in [6, 6.07) is 21.5. The minimum atomic E-state index is -0.00935. The van der Waals surface area contributed by atoms with Crippen molar-refractivity contribution in [3.8, 4) is 11.4 Å². The summed E-state index contributed by atoms with van der Waals surface area (Å²) >= 11 is 2.03.